The van der Waals surface area contributed by atoms with Gasteiger partial charge in [-0.25, -0.2) is 0 Å². The molecule has 0 aromatic carbocycles. The van der Waals surface area contributed by atoms with E-state index in [-0.39, 0.29) is 30.2 Å². The minimum atomic E-state index is -0.581. The first-order valence-corrected chi connectivity index (χ1v) is 7.46. The van der Waals surface area contributed by atoms with Crippen LogP contribution in [0.2, 0.25) is 0 Å². The molecule has 124 valence electrons. The molecule has 0 aliphatic carbocycles. The normalized spacial score (nSPS) is 11.5. The number of nitrogens with zero attached hydrogens (tertiary/aromatic N) is 3. The maximum Gasteiger partial charge on any atom is 0.322 e. The van der Waals surface area contributed by atoms with Gasteiger partial charge in [0, 0.05) is 18.5 Å². The zero-order chi connectivity index (χ0) is 16.9. The number of aliphatic hydroxyl groups excluding tert-OH is 1. The van der Waals surface area contributed by atoms with Gasteiger partial charge in [-0.05, 0) is 26.7 Å². The van der Waals surface area contributed by atoms with E-state index in [0.29, 0.717) is 19.4 Å². The lowest BCUT2D eigenvalue weighted by Gasteiger charge is -2.29. The van der Waals surface area contributed by atoms with Crippen LogP contribution in [0.4, 0.5) is 5.69 Å². The fraction of sp³-hybridized carbons (Fsp3) is 0.714. The molecule has 0 atom stereocenters. The molecule has 1 aromatic rings. The standard InChI is InChI=1S/C14H24N4O4/c1-5-14(6-2,9-19)8-15-13(20)12-11(18(21)22)10(4)16-17(12)7-3/h19H,5-9H2,1-4H3,(H,15,20). The van der Waals surface area contributed by atoms with Gasteiger partial charge in [-0.15, -0.1) is 0 Å². The number of nitro groups is 1. The van der Waals surface area contributed by atoms with Crippen LogP contribution in [0.1, 0.15) is 49.8 Å². The number of aliphatic hydroxyl groups is 1. The Morgan fingerprint density at radius 3 is 2.41 bits per heavy atom. The van der Waals surface area contributed by atoms with Crippen LogP contribution in [-0.4, -0.2) is 38.9 Å². The number of carbonyl (C=O) groups excluding carboxylic acids is 1. The molecule has 0 aliphatic rings. The molecule has 0 saturated heterocycles. The molecule has 1 heterocycles. The number of rotatable bonds is 8. The molecule has 2 N–H and O–H groups in total. The third-order valence-corrected chi connectivity index (χ3v) is 4.25. The Morgan fingerprint density at radius 2 is 2.00 bits per heavy atom. The first-order valence-electron chi connectivity index (χ1n) is 7.46. The molecular weight excluding hydrogens is 288 g/mol. The van der Waals surface area contributed by atoms with E-state index in [2.05, 4.69) is 10.4 Å². The van der Waals surface area contributed by atoms with Crippen LogP contribution in [0.3, 0.4) is 0 Å². The van der Waals surface area contributed by atoms with Crippen LogP contribution in [-0.2, 0) is 6.54 Å². The van der Waals surface area contributed by atoms with Gasteiger partial charge >= 0.3 is 5.69 Å². The largest absolute Gasteiger partial charge is 0.396 e. The molecule has 1 amide bonds. The lowest BCUT2D eigenvalue weighted by Crippen LogP contribution is -2.40. The Bertz CT molecular complexity index is 541. The molecule has 1 rings (SSSR count). The van der Waals surface area contributed by atoms with E-state index < -0.39 is 16.2 Å². The van der Waals surface area contributed by atoms with Gasteiger partial charge in [-0.2, -0.15) is 5.10 Å². The van der Waals surface area contributed by atoms with Crippen molar-refractivity contribution in [3.63, 3.8) is 0 Å². The van der Waals surface area contributed by atoms with Crippen molar-refractivity contribution in [1.29, 1.82) is 0 Å². The van der Waals surface area contributed by atoms with E-state index in [0.717, 1.165) is 0 Å². The summed E-state index contributed by atoms with van der Waals surface area (Å²) >= 11 is 0. The van der Waals surface area contributed by atoms with Crippen LogP contribution in [0.25, 0.3) is 0 Å². The Hall–Kier alpha value is -1.96. The summed E-state index contributed by atoms with van der Waals surface area (Å²) in [6.07, 6.45) is 1.41. The van der Waals surface area contributed by atoms with Crippen LogP contribution in [0, 0.1) is 22.5 Å². The van der Waals surface area contributed by atoms with E-state index in [1.807, 2.05) is 13.8 Å². The highest BCUT2D eigenvalue weighted by Crippen LogP contribution is 2.26. The average molecular weight is 312 g/mol. The Balaban J connectivity index is 3.06. The van der Waals surface area contributed by atoms with Crippen LogP contribution >= 0.6 is 0 Å². The summed E-state index contributed by atoms with van der Waals surface area (Å²) in [6, 6.07) is 0. The Labute approximate surface area is 129 Å². The molecule has 8 nitrogen and oxygen atoms in total. The zero-order valence-electron chi connectivity index (χ0n) is 13.5. The van der Waals surface area contributed by atoms with E-state index in [1.54, 1.807) is 6.92 Å². The number of carbonyl (C=O) groups is 1. The molecule has 0 bridgehead atoms. The third kappa shape index (κ3) is 3.44. The maximum atomic E-state index is 12.4. The van der Waals surface area contributed by atoms with Crippen molar-refractivity contribution in [1.82, 2.24) is 15.1 Å². The molecule has 0 radical (unpaired) electrons. The Morgan fingerprint density at radius 1 is 1.41 bits per heavy atom. The molecule has 0 fully saturated rings. The van der Waals surface area contributed by atoms with Gasteiger partial charge in [0.25, 0.3) is 5.91 Å². The smallest absolute Gasteiger partial charge is 0.322 e. The summed E-state index contributed by atoms with van der Waals surface area (Å²) in [4.78, 5) is 23.0. The van der Waals surface area contributed by atoms with Crippen molar-refractivity contribution in [2.75, 3.05) is 13.2 Å². The lowest BCUT2D eigenvalue weighted by molar-refractivity contribution is -0.385. The summed E-state index contributed by atoms with van der Waals surface area (Å²) in [5, 5.41) is 27.5. The molecular formula is C14H24N4O4. The van der Waals surface area contributed by atoms with Crippen molar-refractivity contribution in [2.24, 2.45) is 5.41 Å². The van der Waals surface area contributed by atoms with E-state index in [4.69, 9.17) is 0 Å². The van der Waals surface area contributed by atoms with Gasteiger partial charge in [0.2, 0.25) is 5.69 Å². The SMILES string of the molecule is CCn1nc(C)c([N+](=O)[O-])c1C(=O)NCC(CC)(CC)CO. The second-order valence-electron chi connectivity index (χ2n) is 5.40. The summed E-state index contributed by atoms with van der Waals surface area (Å²) in [5.41, 5.74) is -0.487. The second kappa shape index (κ2) is 7.35. The van der Waals surface area contributed by atoms with Crippen molar-refractivity contribution >= 4 is 11.6 Å². The van der Waals surface area contributed by atoms with Crippen molar-refractivity contribution in [3.8, 4) is 0 Å². The minimum Gasteiger partial charge on any atom is -0.396 e. The lowest BCUT2D eigenvalue weighted by atomic mass is 9.83. The van der Waals surface area contributed by atoms with Gasteiger partial charge in [-0.3, -0.25) is 19.6 Å². The molecule has 8 heteroatoms. The van der Waals surface area contributed by atoms with E-state index in [1.165, 1.54) is 11.6 Å². The number of amides is 1. The number of aryl methyl sites for hydroxylation is 2. The topological polar surface area (TPSA) is 110 Å². The van der Waals surface area contributed by atoms with Gasteiger partial charge in [0.05, 0.1) is 11.5 Å². The highest BCUT2D eigenvalue weighted by atomic mass is 16.6. The van der Waals surface area contributed by atoms with Gasteiger partial charge in [0.1, 0.15) is 5.69 Å². The fourth-order valence-corrected chi connectivity index (χ4v) is 2.38. The zero-order valence-corrected chi connectivity index (χ0v) is 13.5. The van der Waals surface area contributed by atoms with E-state index >= 15 is 0 Å². The number of aromatic nitrogens is 2. The van der Waals surface area contributed by atoms with Crippen molar-refractivity contribution < 1.29 is 14.8 Å². The van der Waals surface area contributed by atoms with E-state index in [9.17, 15) is 20.0 Å². The molecule has 0 unspecified atom stereocenters. The predicted octanol–water partition coefficient (Wildman–Crippen LogP) is 1.65. The molecule has 22 heavy (non-hydrogen) atoms. The molecule has 1 aromatic heterocycles. The third-order valence-electron chi connectivity index (χ3n) is 4.25. The van der Waals surface area contributed by atoms with Gasteiger partial charge < -0.3 is 10.4 Å². The second-order valence-corrected chi connectivity index (χ2v) is 5.40. The average Bonchev–Trinajstić information content (AvgIpc) is 2.85. The molecule has 0 aliphatic heterocycles. The van der Waals surface area contributed by atoms with Crippen LogP contribution in [0.15, 0.2) is 0 Å². The van der Waals surface area contributed by atoms with Crippen molar-refractivity contribution in [3.05, 3.63) is 21.5 Å². The number of hydrogen-bond acceptors (Lipinski definition) is 5. The molecule has 0 spiro atoms. The minimum absolute atomic E-state index is 0.0379. The summed E-state index contributed by atoms with van der Waals surface area (Å²) in [7, 11) is 0. The first-order chi connectivity index (χ1) is 10.4. The first kappa shape index (κ1) is 18.1. The molecule has 0 saturated carbocycles. The Kier molecular flexibility index (Phi) is 6.04. The van der Waals surface area contributed by atoms with Crippen molar-refractivity contribution in [2.45, 2.75) is 47.1 Å². The quantitative estimate of drug-likeness (QED) is 0.560. The monoisotopic (exact) mass is 312 g/mol. The maximum absolute atomic E-state index is 12.4. The van der Waals surface area contributed by atoms with Crippen LogP contribution < -0.4 is 5.32 Å². The van der Waals surface area contributed by atoms with Gasteiger partial charge in [-0.1, -0.05) is 13.8 Å². The number of nitrogens with one attached hydrogen (secondary N) is 1. The summed E-state index contributed by atoms with van der Waals surface area (Å²) < 4.78 is 1.33. The number of hydrogen-bond donors (Lipinski definition) is 2. The van der Waals surface area contributed by atoms with Crippen LogP contribution in [0.5, 0.6) is 0 Å². The highest BCUT2D eigenvalue weighted by Gasteiger charge is 2.32. The fourth-order valence-electron chi connectivity index (χ4n) is 2.38. The summed E-state index contributed by atoms with van der Waals surface area (Å²) in [5.74, 6) is -0.533. The van der Waals surface area contributed by atoms with Gasteiger partial charge in [0.15, 0.2) is 0 Å². The predicted molar refractivity (Wildman–Crippen MR) is 81.7 cm³/mol. The highest BCUT2D eigenvalue weighted by molar-refractivity contribution is 5.96. The summed E-state index contributed by atoms with van der Waals surface area (Å²) in [6.45, 7) is 7.74.